The van der Waals surface area contributed by atoms with Crippen LogP contribution in [0.25, 0.3) is 0 Å². The monoisotopic (exact) mass is 365 g/mol. The molecule has 1 aromatic rings. The van der Waals surface area contributed by atoms with E-state index >= 15 is 0 Å². The Hall–Kier alpha value is -1.27. The first-order chi connectivity index (χ1) is 10.1. The summed E-state index contributed by atoms with van der Waals surface area (Å²) in [5, 5.41) is 8.67. The average molecular weight is 366 g/mol. The Balaban J connectivity index is 0.00000264. The maximum atomic E-state index is 14.0. The summed E-state index contributed by atoms with van der Waals surface area (Å²) in [6.07, 6.45) is 0.408. The van der Waals surface area contributed by atoms with Gasteiger partial charge in [0.15, 0.2) is 4.90 Å². The molecule has 1 heterocycles. The molecule has 1 fully saturated rings. The van der Waals surface area contributed by atoms with Gasteiger partial charge in [-0.3, -0.25) is 0 Å². The molecule has 0 aliphatic carbocycles. The fraction of sp³-hybridized carbons (Fsp3) is 0.500. The Morgan fingerprint density at radius 2 is 1.87 bits per heavy atom. The first-order valence-corrected chi connectivity index (χ1v) is 8.18. The van der Waals surface area contributed by atoms with Crippen molar-refractivity contribution in [2.24, 2.45) is 11.1 Å². The third-order valence-electron chi connectivity index (χ3n) is 4.00. The zero-order valence-corrected chi connectivity index (χ0v) is 14.3. The number of sulfonamides is 1. The van der Waals surface area contributed by atoms with Crippen molar-refractivity contribution in [1.29, 1.82) is 5.26 Å². The highest BCUT2D eigenvalue weighted by atomic mass is 35.5. The molecular formula is C14H18ClF2N3O2S. The van der Waals surface area contributed by atoms with E-state index in [1.165, 1.54) is 0 Å². The lowest BCUT2D eigenvalue weighted by molar-refractivity contribution is 0.155. The molecule has 2 rings (SSSR count). The highest BCUT2D eigenvalue weighted by molar-refractivity contribution is 7.89. The predicted molar refractivity (Wildman–Crippen MR) is 83.5 cm³/mol. The number of rotatable bonds is 2. The molecule has 1 aliphatic heterocycles. The van der Waals surface area contributed by atoms with Crippen LogP contribution in [0.15, 0.2) is 17.0 Å². The van der Waals surface area contributed by atoms with E-state index in [9.17, 15) is 17.2 Å². The van der Waals surface area contributed by atoms with Gasteiger partial charge in [-0.05, 0) is 24.0 Å². The summed E-state index contributed by atoms with van der Waals surface area (Å²) in [6, 6.07) is 2.83. The van der Waals surface area contributed by atoms with Gasteiger partial charge in [0.05, 0.1) is 11.6 Å². The van der Waals surface area contributed by atoms with Gasteiger partial charge in [0.1, 0.15) is 11.6 Å². The normalized spacial score (nSPS) is 21.3. The number of nitrogens with zero attached hydrogens (tertiary/aromatic N) is 2. The molecule has 5 nitrogen and oxygen atoms in total. The fourth-order valence-corrected chi connectivity index (χ4v) is 4.25. The summed E-state index contributed by atoms with van der Waals surface area (Å²) in [5.74, 6) is -2.52. The maximum absolute atomic E-state index is 14.0. The van der Waals surface area contributed by atoms with Crippen LogP contribution in [0.1, 0.15) is 25.8 Å². The van der Waals surface area contributed by atoms with Crippen LogP contribution in [0.2, 0.25) is 0 Å². The van der Waals surface area contributed by atoms with Gasteiger partial charge in [0, 0.05) is 19.1 Å². The number of hydrogen-bond donors (Lipinski definition) is 1. The molecule has 2 N–H and O–H groups in total. The second-order valence-corrected chi connectivity index (χ2v) is 7.98. The van der Waals surface area contributed by atoms with Crippen LogP contribution in [-0.4, -0.2) is 31.9 Å². The summed E-state index contributed by atoms with van der Waals surface area (Å²) in [7, 11) is -4.32. The third-order valence-corrected chi connectivity index (χ3v) is 5.90. The molecule has 1 aliphatic rings. The minimum atomic E-state index is -4.32. The molecule has 1 saturated heterocycles. The smallest absolute Gasteiger partial charge is 0.248 e. The van der Waals surface area contributed by atoms with Crippen molar-refractivity contribution in [3.8, 4) is 6.07 Å². The van der Waals surface area contributed by atoms with Crippen molar-refractivity contribution in [1.82, 2.24) is 4.31 Å². The third kappa shape index (κ3) is 3.63. The van der Waals surface area contributed by atoms with Crippen molar-refractivity contribution in [3.63, 3.8) is 0 Å². The first kappa shape index (κ1) is 19.8. The lowest BCUT2D eigenvalue weighted by atomic mass is 9.81. The molecule has 1 aromatic carbocycles. The van der Waals surface area contributed by atoms with E-state index in [1.54, 1.807) is 6.07 Å². The van der Waals surface area contributed by atoms with Crippen LogP contribution < -0.4 is 5.73 Å². The number of piperidine rings is 1. The maximum Gasteiger partial charge on any atom is 0.248 e. The summed E-state index contributed by atoms with van der Waals surface area (Å²) in [4.78, 5) is -1.02. The van der Waals surface area contributed by atoms with E-state index in [-0.39, 0.29) is 37.1 Å². The van der Waals surface area contributed by atoms with Gasteiger partial charge in [-0.2, -0.15) is 9.57 Å². The Labute approximate surface area is 140 Å². The molecule has 128 valence electrons. The van der Waals surface area contributed by atoms with Crippen molar-refractivity contribution < 1.29 is 17.2 Å². The van der Waals surface area contributed by atoms with Crippen molar-refractivity contribution >= 4 is 22.4 Å². The van der Waals surface area contributed by atoms with Crippen LogP contribution in [0.5, 0.6) is 0 Å². The number of halogens is 3. The minimum Gasteiger partial charge on any atom is -0.327 e. The zero-order chi connectivity index (χ0) is 16.7. The van der Waals surface area contributed by atoms with Crippen LogP contribution in [0, 0.1) is 28.4 Å². The predicted octanol–water partition coefficient (Wildman–Crippen LogP) is 2.01. The Morgan fingerprint density at radius 1 is 1.35 bits per heavy atom. The van der Waals surface area contributed by atoms with Gasteiger partial charge in [-0.25, -0.2) is 17.2 Å². The van der Waals surface area contributed by atoms with Gasteiger partial charge in [-0.15, -0.1) is 12.4 Å². The van der Waals surface area contributed by atoms with E-state index < -0.39 is 32.0 Å². The largest absolute Gasteiger partial charge is 0.327 e. The molecule has 0 radical (unpaired) electrons. The summed E-state index contributed by atoms with van der Waals surface area (Å²) in [5.41, 5.74) is 5.18. The zero-order valence-electron chi connectivity index (χ0n) is 12.7. The average Bonchev–Trinajstić information content (AvgIpc) is 2.40. The number of hydrogen-bond acceptors (Lipinski definition) is 4. The molecule has 0 aromatic heterocycles. The van der Waals surface area contributed by atoms with Crippen LogP contribution >= 0.6 is 12.4 Å². The number of nitriles is 1. The molecule has 0 saturated carbocycles. The highest BCUT2D eigenvalue weighted by Crippen LogP contribution is 2.32. The highest BCUT2D eigenvalue weighted by Gasteiger charge is 2.40. The first-order valence-electron chi connectivity index (χ1n) is 6.74. The van der Waals surface area contributed by atoms with E-state index in [4.69, 9.17) is 11.0 Å². The fourth-order valence-electron chi connectivity index (χ4n) is 2.53. The molecule has 23 heavy (non-hydrogen) atoms. The van der Waals surface area contributed by atoms with E-state index in [1.807, 2.05) is 13.8 Å². The van der Waals surface area contributed by atoms with E-state index in [0.717, 1.165) is 16.4 Å². The van der Waals surface area contributed by atoms with Crippen molar-refractivity contribution in [2.45, 2.75) is 31.2 Å². The topological polar surface area (TPSA) is 87.2 Å². The second kappa shape index (κ2) is 6.69. The quantitative estimate of drug-likeness (QED) is 0.868. The van der Waals surface area contributed by atoms with E-state index in [2.05, 4.69) is 0 Å². The van der Waals surface area contributed by atoms with Crippen molar-refractivity contribution in [2.75, 3.05) is 13.1 Å². The Kier molecular flexibility index (Phi) is 5.75. The van der Waals surface area contributed by atoms with E-state index in [0.29, 0.717) is 6.42 Å². The summed E-state index contributed by atoms with van der Waals surface area (Å²) in [6.45, 7) is 3.80. The van der Waals surface area contributed by atoms with Crippen LogP contribution in [-0.2, 0) is 10.0 Å². The Bertz CT molecular complexity index is 724. The molecule has 1 unspecified atom stereocenters. The van der Waals surface area contributed by atoms with Crippen LogP contribution in [0.4, 0.5) is 8.78 Å². The lowest BCUT2D eigenvalue weighted by Gasteiger charge is -2.41. The molecule has 0 bridgehead atoms. The number of benzene rings is 1. The molecule has 9 heteroatoms. The van der Waals surface area contributed by atoms with Gasteiger partial charge in [0.2, 0.25) is 10.0 Å². The molecule has 1 atom stereocenters. The minimum absolute atomic E-state index is 0. The molecular weight excluding hydrogens is 348 g/mol. The SMILES string of the molecule is CC1(C)CN(S(=O)(=O)c2c(F)cc(C#N)cc2F)CCC1N.Cl. The standard InChI is InChI=1S/C14H17F2N3O2S.ClH/c1-14(2)8-19(4-3-12(14)18)22(20,21)13-10(15)5-9(7-17)6-11(13)16;/h5-6,12H,3-4,8,18H2,1-2H3;1H. The van der Waals surface area contributed by atoms with Crippen molar-refractivity contribution in [3.05, 3.63) is 29.3 Å². The lowest BCUT2D eigenvalue weighted by Crippen LogP contribution is -2.54. The van der Waals surface area contributed by atoms with Gasteiger partial charge in [-0.1, -0.05) is 13.8 Å². The summed E-state index contributed by atoms with van der Waals surface area (Å²) >= 11 is 0. The molecule has 0 amide bonds. The Morgan fingerprint density at radius 3 is 2.30 bits per heavy atom. The molecule has 0 spiro atoms. The van der Waals surface area contributed by atoms with Gasteiger partial charge in [0.25, 0.3) is 0 Å². The van der Waals surface area contributed by atoms with Crippen LogP contribution in [0.3, 0.4) is 0 Å². The second-order valence-electron chi connectivity index (χ2n) is 6.10. The van der Waals surface area contributed by atoms with Gasteiger partial charge >= 0.3 is 0 Å². The summed E-state index contributed by atoms with van der Waals surface area (Å²) < 4.78 is 54.1. The van der Waals surface area contributed by atoms with Gasteiger partial charge < -0.3 is 5.73 Å². The number of nitrogens with two attached hydrogens (primary N) is 1.